The first-order valence-corrected chi connectivity index (χ1v) is 6.81. The van der Waals surface area contributed by atoms with Gasteiger partial charge in [0.05, 0.1) is 0 Å². The fraction of sp³-hybridized carbons (Fsp3) is 0.625. The van der Waals surface area contributed by atoms with Gasteiger partial charge in [-0.25, -0.2) is 0 Å². The lowest BCUT2D eigenvalue weighted by Gasteiger charge is -2.45. The van der Waals surface area contributed by atoms with Crippen LogP contribution in [0.3, 0.4) is 0 Å². The van der Waals surface area contributed by atoms with Gasteiger partial charge < -0.3 is 5.11 Å². The largest absolute Gasteiger partial charge is 0.508 e. The minimum Gasteiger partial charge on any atom is -0.508 e. The summed E-state index contributed by atoms with van der Waals surface area (Å²) in [5, 5.41) is 9.74. The maximum atomic E-state index is 9.74. The predicted octanol–water partition coefficient (Wildman–Crippen LogP) is 4.28. The van der Waals surface area contributed by atoms with Crippen molar-refractivity contribution in [1.82, 2.24) is 0 Å². The second-order valence-electron chi connectivity index (χ2n) is 5.98. The summed E-state index contributed by atoms with van der Waals surface area (Å²) in [5.41, 5.74) is 3.04. The summed E-state index contributed by atoms with van der Waals surface area (Å²) in [6, 6.07) is 5.93. The summed E-state index contributed by atoms with van der Waals surface area (Å²) >= 11 is 0. The van der Waals surface area contributed by atoms with Crippen LogP contribution in [0.2, 0.25) is 0 Å². The van der Waals surface area contributed by atoms with Crippen molar-refractivity contribution in [1.29, 1.82) is 0 Å². The number of hydrogen-bond acceptors (Lipinski definition) is 1. The molecule has 0 saturated heterocycles. The summed E-state index contributed by atoms with van der Waals surface area (Å²) in [6.45, 7) is 9.34. The maximum Gasteiger partial charge on any atom is 0.115 e. The number of fused-ring (bicyclic) bond motifs is 1. The third kappa shape index (κ3) is 1.96. The molecule has 1 aromatic rings. The van der Waals surface area contributed by atoms with Crippen molar-refractivity contribution in [2.24, 2.45) is 11.8 Å². The van der Waals surface area contributed by atoms with Crippen molar-refractivity contribution >= 4 is 0 Å². The highest BCUT2D eigenvalue weighted by atomic mass is 16.3. The second-order valence-corrected chi connectivity index (χ2v) is 5.98. The molecule has 94 valence electrons. The standard InChI is InChI=1S/C16H24O/c1-5-8-16(4)12(3)11(2)9-13-6-7-14(17)10-15(13)16/h6-7,10-12,17H,5,8-9H2,1-4H3/t11-,12+,16?/m1/s1. The lowest BCUT2D eigenvalue weighted by Crippen LogP contribution is -2.39. The molecule has 17 heavy (non-hydrogen) atoms. The second kappa shape index (κ2) is 4.36. The smallest absolute Gasteiger partial charge is 0.115 e. The molecule has 0 saturated carbocycles. The van der Waals surface area contributed by atoms with Crippen molar-refractivity contribution in [3.05, 3.63) is 29.3 Å². The molecule has 0 fully saturated rings. The molecule has 1 heteroatoms. The van der Waals surface area contributed by atoms with E-state index in [1.807, 2.05) is 12.1 Å². The monoisotopic (exact) mass is 232 g/mol. The molecule has 1 aliphatic carbocycles. The zero-order valence-corrected chi connectivity index (χ0v) is 11.5. The van der Waals surface area contributed by atoms with E-state index in [0.29, 0.717) is 11.7 Å². The summed E-state index contributed by atoms with van der Waals surface area (Å²) in [7, 11) is 0. The van der Waals surface area contributed by atoms with E-state index in [2.05, 4.69) is 33.8 Å². The zero-order valence-electron chi connectivity index (χ0n) is 11.5. The van der Waals surface area contributed by atoms with Crippen LogP contribution >= 0.6 is 0 Å². The van der Waals surface area contributed by atoms with Crippen LogP contribution < -0.4 is 0 Å². The van der Waals surface area contributed by atoms with Gasteiger partial charge in [0.25, 0.3) is 0 Å². The van der Waals surface area contributed by atoms with Crippen LogP contribution in [0, 0.1) is 11.8 Å². The molecular weight excluding hydrogens is 208 g/mol. The van der Waals surface area contributed by atoms with Crippen molar-refractivity contribution < 1.29 is 5.11 Å². The predicted molar refractivity (Wildman–Crippen MR) is 72.4 cm³/mol. The molecule has 0 aliphatic heterocycles. The lowest BCUT2D eigenvalue weighted by molar-refractivity contribution is 0.192. The van der Waals surface area contributed by atoms with E-state index in [0.717, 1.165) is 12.3 Å². The van der Waals surface area contributed by atoms with E-state index in [-0.39, 0.29) is 5.41 Å². The van der Waals surface area contributed by atoms with E-state index in [4.69, 9.17) is 0 Å². The van der Waals surface area contributed by atoms with E-state index in [1.54, 1.807) is 0 Å². The highest BCUT2D eigenvalue weighted by Crippen LogP contribution is 2.47. The van der Waals surface area contributed by atoms with Gasteiger partial charge in [-0.3, -0.25) is 0 Å². The Bertz CT molecular complexity index is 410. The highest BCUT2D eigenvalue weighted by molar-refractivity contribution is 5.42. The number of rotatable bonds is 2. The van der Waals surface area contributed by atoms with Crippen molar-refractivity contribution in [2.45, 2.75) is 52.4 Å². The molecule has 0 aromatic heterocycles. The molecule has 1 unspecified atom stereocenters. The third-order valence-electron chi connectivity index (χ3n) is 4.88. The molecule has 2 rings (SSSR count). The van der Waals surface area contributed by atoms with E-state index >= 15 is 0 Å². The van der Waals surface area contributed by atoms with Crippen LogP contribution in [0.4, 0.5) is 0 Å². The van der Waals surface area contributed by atoms with Crippen LogP contribution in [0.25, 0.3) is 0 Å². The Balaban J connectivity index is 2.54. The van der Waals surface area contributed by atoms with E-state index in [1.165, 1.54) is 24.0 Å². The summed E-state index contributed by atoms with van der Waals surface area (Å²) < 4.78 is 0. The fourth-order valence-electron chi connectivity index (χ4n) is 3.55. The summed E-state index contributed by atoms with van der Waals surface area (Å²) in [4.78, 5) is 0. The summed E-state index contributed by atoms with van der Waals surface area (Å²) in [6.07, 6.45) is 3.55. The van der Waals surface area contributed by atoms with Gasteiger partial charge >= 0.3 is 0 Å². The van der Waals surface area contributed by atoms with Crippen LogP contribution in [-0.2, 0) is 11.8 Å². The van der Waals surface area contributed by atoms with Gasteiger partial charge in [0.15, 0.2) is 0 Å². The third-order valence-corrected chi connectivity index (χ3v) is 4.88. The average molecular weight is 232 g/mol. The molecule has 0 amide bonds. The molecular formula is C16H24O. The van der Waals surface area contributed by atoms with Gasteiger partial charge in [-0.1, -0.05) is 40.2 Å². The SMILES string of the molecule is CCCC1(C)c2cc(O)ccc2C[C@@H](C)[C@@H]1C. The highest BCUT2D eigenvalue weighted by Gasteiger charge is 2.40. The van der Waals surface area contributed by atoms with Crippen molar-refractivity contribution in [3.63, 3.8) is 0 Å². The zero-order chi connectivity index (χ0) is 12.6. The number of aromatic hydroxyl groups is 1. The molecule has 3 atom stereocenters. The molecule has 1 nitrogen and oxygen atoms in total. The Morgan fingerprint density at radius 3 is 2.71 bits per heavy atom. The van der Waals surface area contributed by atoms with Gasteiger partial charge in [0.2, 0.25) is 0 Å². The molecule has 0 radical (unpaired) electrons. The minimum absolute atomic E-state index is 0.223. The van der Waals surface area contributed by atoms with Crippen molar-refractivity contribution in [3.8, 4) is 5.75 Å². The fourth-order valence-corrected chi connectivity index (χ4v) is 3.55. The number of hydrogen-bond donors (Lipinski definition) is 1. The maximum absolute atomic E-state index is 9.74. The van der Waals surface area contributed by atoms with Gasteiger partial charge in [-0.05, 0) is 53.4 Å². The number of phenols is 1. The Labute approximate surface area is 105 Å². The molecule has 0 bridgehead atoms. The molecule has 1 N–H and O–H groups in total. The Morgan fingerprint density at radius 2 is 2.06 bits per heavy atom. The van der Waals surface area contributed by atoms with Crippen LogP contribution in [0.5, 0.6) is 5.75 Å². The molecule has 1 aliphatic rings. The number of benzene rings is 1. The quantitative estimate of drug-likeness (QED) is 0.807. The number of phenolic OH excluding ortho intramolecular Hbond substituents is 1. The Kier molecular flexibility index (Phi) is 3.20. The lowest BCUT2D eigenvalue weighted by atomic mass is 9.59. The first-order chi connectivity index (χ1) is 7.99. The van der Waals surface area contributed by atoms with Crippen LogP contribution in [0.1, 0.15) is 51.7 Å². The molecule has 0 spiro atoms. The summed E-state index contributed by atoms with van der Waals surface area (Å²) in [5.74, 6) is 1.81. The van der Waals surface area contributed by atoms with Crippen molar-refractivity contribution in [2.75, 3.05) is 0 Å². The first kappa shape index (κ1) is 12.5. The van der Waals surface area contributed by atoms with Gasteiger partial charge in [0.1, 0.15) is 5.75 Å². The van der Waals surface area contributed by atoms with E-state index in [9.17, 15) is 5.11 Å². The molecule has 1 aromatic carbocycles. The van der Waals surface area contributed by atoms with Gasteiger partial charge in [-0.2, -0.15) is 0 Å². The molecule has 0 heterocycles. The topological polar surface area (TPSA) is 20.2 Å². The van der Waals surface area contributed by atoms with Crippen LogP contribution in [-0.4, -0.2) is 5.11 Å². The average Bonchev–Trinajstić information content (AvgIpc) is 2.29. The van der Waals surface area contributed by atoms with E-state index < -0.39 is 0 Å². The van der Waals surface area contributed by atoms with Gasteiger partial charge in [0, 0.05) is 0 Å². The normalized spacial score (nSPS) is 32.2. The van der Waals surface area contributed by atoms with Crippen LogP contribution in [0.15, 0.2) is 18.2 Å². The van der Waals surface area contributed by atoms with Gasteiger partial charge in [-0.15, -0.1) is 0 Å². The minimum atomic E-state index is 0.223. The Hall–Kier alpha value is -0.980. The Morgan fingerprint density at radius 1 is 1.35 bits per heavy atom. The first-order valence-electron chi connectivity index (χ1n) is 6.81.